The van der Waals surface area contributed by atoms with E-state index < -0.39 is 16.8 Å². The van der Waals surface area contributed by atoms with E-state index in [-0.39, 0.29) is 6.61 Å². The smallest absolute Gasteiger partial charge is 0.234 e. The molecule has 0 fully saturated rings. The molecule has 0 aromatic heterocycles. The second kappa shape index (κ2) is 7.78. The van der Waals surface area contributed by atoms with Crippen molar-refractivity contribution in [2.75, 3.05) is 20.8 Å². The molecule has 108 valence electrons. The third-order valence-corrected chi connectivity index (χ3v) is 3.55. The average Bonchev–Trinajstić information content (AvgIpc) is 2.46. The topological polar surface area (TPSA) is 70.8 Å². The Morgan fingerprint density at radius 2 is 2.05 bits per heavy atom. The summed E-state index contributed by atoms with van der Waals surface area (Å²) < 4.78 is 15.9. The molecule has 0 aliphatic carbocycles. The fourth-order valence-corrected chi connectivity index (χ4v) is 2.12. The van der Waals surface area contributed by atoms with Crippen molar-refractivity contribution in [1.82, 2.24) is 0 Å². The fourth-order valence-electron chi connectivity index (χ4n) is 1.67. The molecule has 1 aromatic carbocycles. The zero-order valence-corrected chi connectivity index (χ0v) is 12.8. The third kappa shape index (κ3) is 3.89. The summed E-state index contributed by atoms with van der Waals surface area (Å²) in [6, 6.07) is 5.21. The van der Waals surface area contributed by atoms with Gasteiger partial charge in [0.1, 0.15) is 17.5 Å². The van der Waals surface area contributed by atoms with E-state index in [0.29, 0.717) is 17.1 Å². The van der Waals surface area contributed by atoms with Crippen LogP contribution in [0.15, 0.2) is 18.2 Å². The number of halogens is 1. The van der Waals surface area contributed by atoms with E-state index in [1.807, 2.05) is 0 Å². The molecule has 0 radical (unpaired) electrons. The van der Waals surface area contributed by atoms with Gasteiger partial charge in [0.15, 0.2) is 11.5 Å². The number of benzene rings is 1. The quantitative estimate of drug-likeness (QED) is 0.604. The van der Waals surface area contributed by atoms with Crippen LogP contribution in [0.25, 0.3) is 0 Å². The molecule has 5 nitrogen and oxygen atoms in total. The van der Waals surface area contributed by atoms with Gasteiger partial charge in [-0.1, -0.05) is 27.9 Å². The van der Waals surface area contributed by atoms with Gasteiger partial charge in [-0.25, -0.2) is 0 Å². The minimum Gasteiger partial charge on any atom is -0.493 e. The number of alkyl halides is 1. The Kier molecular flexibility index (Phi) is 6.36. The molecular formula is C14H16BrNO4. The number of rotatable bonds is 7. The molecule has 6 heteroatoms. The van der Waals surface area contributed by atoms with Crippen LogP contribution in [0.2, 0.25) is 0 Å². The normalized spacial score (nSPS) is 13.1. The van der Waals surface area contributed by atoms with Crippen molar-refractivity contribution in [2.24, 2.45) is 5.73 Å². The van der Waals surface area contributed by atoms with Crippen molar-refractivity contribution in [3.8, 4) is 23.8 Å². The highest BCUT2D eigenvalue weighted by Crippen LogP contribution is 2.34. The number of hydrogen-bond donors (Lipinski definition) is 1. The Morgan fingerprint density at radius 3 is 2.55 bits per heavy atom. The van der Waals surface area contributed by atoms with Crippen molar-refractivity contribution >= 4 is 21.8 Å². The van der Waals surface area contributed by atoms with E-state index in [9.17, 15) is 4.79 Å². The minimum absolute atomic E-state index is 0.0639. The Balaban J connectivity index is 3.13. The highest BCUT2D eigenvalue weighted by molar-refractivity contribution is 9.10. The molecule has 0 spiro atoms. The molecule has 0 aliphatic rings. The average molecular weight is 342 g/mol. The zero-order valence-electron chi connectivity index (χ0n) is 11.3. The van der Waals surface area contributed by atoms with Crippen molar-refractivity contribution in [2.45, 2.75) is 10.9 Å². The number of ether oxygens (including phenoxy) is 3. The van der Waals surface area contributed by atoms with Crippen molar-refractivity contribution < 1.29 is 19.0 Å². The summed E-state index contributed by atoms with van der Waals surface area (Å²) in [5.74, 6) is 2.93. The third-order valence-electron chi connectivity index (χ3n) is 2.62. The van der Waals surface area contributed by atoms with Crippen molar-refractivity contribution in [1.29, 1.82) is 0 Å². The first-order chi connectivity index (χ1) is 9.54. The number of carbonyl (C=O) groups is 1. The monoisotopic (exact) mass is 341 g/mol. The van der Waals surface area contributed by atoms with Gasteiger partial charge in [-0.2, -0.15) is 0 Å². The van der Waals surface area contributed by atoms with E-state index in [1.165, 1.54) is 7.11 Å². The molecule has 1 rings (SSSR count). The molecule has 1 amide bonds. The lowest BCUT2D eigenvalue weighted by molar-refractivity contribution is -0.119. The summed E-state index contributed by atoms with van der Waals surface area (Å²) in [4.78, 5) is 10.6. The van der Waals surface area contributed by atoms with Gasteiger partial charge in [0.05, 0.1) is 14.2 Å². The summed E-state index contributed by atoms with van der Waals surface area (Å²) in [7, 11) is 3.07. The van der Waals surface area contributed by atoms with Crippen LogP contribution in [0.4, 0.5) is 0 Å². The van der Waals surface area contributed by atoms with Crippen LogP contribution in [-0.2, 0) is 9.53 Å². The molecule has 2 unspecified atom stereocenters. The van der Waals surface area contributed by atoms with Gasteiger partial charge in [-0.05, 0) is 17.7 Å². The summed E-state index contributed by atoms with van der Waals surface area (Å²) in [5.41, 5.74) is 6.01. The molecule has 20 heavy (non-hydrogen) atoms. The number of primary amides is 1. The lowest BCUT2D eigenvalue weighted by Gasteiger charge is -2.21. The van der Waals surface area contributed by atoms with E-state index in [0.717, 1.165) is 0 Å². The molecule has 0 saturated heterocycles. The molecule has 0 saturated carbocycles. The lowest BCUT2D eigenvalue weighted by atomic mass is 10.1. The maximum absolute atomic E-state index is 11.3. The second-order valence-corrected chi connectivity index (χ2v) is 4.84. The minimum atomic E-state index is -0.700. The van der Waals surface area contributed by atoms with Crippen LogP contribution < -0.4 is 15.2 Å². The largest absolute Gasteiger partial charge is 0.493 e. The maximum Gasteiger partial charge on any atom is 0.234 e. The van der Waals surface area contributed by atoms with Gasteiger partial charge in [0, 0.05) is 0 Å². The zero-order chi connectivity index (χ0) is 15.1. The molecule has 2 atom stereocenters. The number of amides is 1. The summed E-state index contributed by atoms with van der Waals surface area (Å²) in [5, 5.41) is 0. The first kappa shape index (κ1) is 16.3. The Labute approximate surface area is 126 Å². The predicted molar refractivity (Wildman–Crippen MR) is 79.0 cm³/mol. The second-order valence-electron chi connectivity index (χ2n) is 3.85. The SMILES string of the molecule is C#CCOC(c1ccc(OC)c(OC)c1)C(Br)C(N)=O. The van der Waals surface area contributed by atoms with E-state index in [4.69, 9.17) is 26.4 Å². The summed E-state index contributed by atoms with van der Waals surface area (Å²) in [6.07, 6.45) is 4.57. The van der Waals surface area contributed by atoms with Crippen molar-refractivity contribution in [3.05, 3.63) is 23.8 Å². The number of terminal acetylenes is 1. The van der Waals surface area contributed by atoms with Crippen LogP contribution in [0.1, 0.15) is 11.7 Å². The first-order valence-corrected chi connectivity index (χ1v) is 6.67. The molecular weight excluding hydrogens is 326 g/mol. The number of hydrogen-bond acceptors (Lipinski definition) is 4. The number of nitrogens with two attached hydrogens (primary N) is 1. The van der Waals surface area contributed by atoms with Gasteiger partial charge in [-0.3, -0.25) is 4.79 Å². The maximum atomic E-state index is 11.3. The predicted octanol–water partition coefficient (Wildman–Crippen LogP) is 1.64. The fraction of sp³-hybridized carbons (Fsp3) is 0.357. The summed E-state index contributed by atoms with van der Waals surface area (Å²) >= 11 is 3.22. The Morgan fingerprint density at radius 1 is 1.40 bits per heavy atom. The van der Waals surface area contributed by atoms with Gasteiger partial charge >= 0.3 is 0 Å². The Hall–Kier alpha value is -1.71. The number of methoxy groups -OCH3 is 2. The summed E-state index contributed by atoms with van der Waals surface area (Å²) in [6.45, 7) is 0.0639. The molecule has 0 aliphatic heterocycles. The van der Waals surface area contributed by atoms with Crippen molar-refractivity contribution in [3.63, 3.8) is 0 Å². The van der Waals surface area contributed by atoms with Crippen LogP contribution in [0, 0.1) is 12.3 Å². The van der Waals surface area contributed by atoms with Crippen LogP contribution in [0.3, 0.4) is 0 Å². The van der Waals surface area contributed by atoms with E-state index in [1.54, 1.807) is 25.3 Å². The van der Waals surface area contributed by atoms with Crippen LogP contribution in [-0.4, -0.2) is 31.6 Å². The van der Waals surface area contributed by atoms with E-state index in [2.05, 4.69) is 21.9 Å². The Bertz CT molecular complexity index is 512. The van der Waals surface area contributed by atoms with Crippen LogP contribution in [0.5, 0.6) is 11.5 Å². The highest BCUT2D eigenvalue weighted by atomic mass is 79.9. The van der Waals surface area contributed by atoms with Gasteiger partial charge in [0.2, 0.25) is 5.91 Å². The highest BCUT2D eigenvalue weighted by Gasteiger charge is 2.27. The molecule has 2 N–H and O–H groups in total. The standard InChI is InChI=1S/C14H16BrNO4/c1-4-7-20-13(12(15)14(16)17)9-5-6-10(18-2)11(8-9)19-3/h1,5-6,8,12-13H,7H2,2-3H3,(H2,16,17). The molecule has 0 bridgehead atoms. The van der Waals surface area contributed by atoms with Gasteiger partial charge < -0.3 is 19.9 Å². The number of carbonyl (C=O) groups excluding carboxylic acids is 1. The van der Waals surface area contributed by atoms with E-state index >= 15 is 0 Å². The first-order valence-electron chi connectivity index (χ1n) is 5.75. The van der Waals surface area contributed by atoms with Crippen LogP contribution >= 0.6 is 15.9 Å². The molecule has 0 heterocycles. The van der Waals surface area contributed by atoms with Gasteiger partial charge in [-0.15, -0.1) is 6.42 Å². The lowest BCUT2D eigenvalue weighted by Crippen LogP contribution is -2.30. The van der Waals surface area contributed by atoms with Gasteiger partial charge in [0.25, 0.3) is 0 Å². The molecule has 1 aromatic rings.